The molecule has 0 radical (unpaired) electrons. The largest absolute Gasteiger partial charge is 0.493 e. The lowest BCUT2D eigenvalue weighted by molar-refractivity contribution is -0.123. The standard InChI is InChI=1S/C31H37N3O3/c1-22(2)26-17-16-23(3)20-29(26)36-19-11-10-18-34-28-15-9-8-14-27(28)33-31(34)24(4)32-30(35)21-37-25-12-6-5-7-13-25/h5-9,12-17,20,22,24H,10-11,18-19,21H2,1-4H3,(H,32,35). The first-order chi connectivity index (χ1) is 17.9. The molecule has 0 aliphatic rings. The van der Waals surface area contributed by atoms with Crippen LogP contribution in [0.3, 0.4) is 0 Å². The molecule has 0 spiro atoms. The van der Waals surface area contributed by atoms with Crippen LogP contribution in [0.1, 0.15) is 62.5 Å². The van der Waals surface area contributed by atoms with Crippen molar-refractivity contribution in [3.8, 4) is 11.5 Å². The van der Waals surface area contributed by atoms with E-state index in [1.165, 1.54) is 11.1 Å². The van der Waals surface area contributed by atoms with E-state index in [1.807, 2.05) is 55.5 Å². The van der Waals surface area contributed by atoms with Gasteiger partial charge in [0.15, 0.2) is 6.61 Å². The smallest absolute Gasteiger partial charge is 0.258 e. The van der Waals surface area contributed by atoms with Crippen LogP contribution in [0, 0.1) is 6.92 Å². The molecule has 194 valence electrons. The van der Waals surface area contributed by atoms with Gasteiger partial charge < -0.3 is 19.4 Å². The second-order valence-corrected chi connectivity index (χ2v) is 9.75. The number of fused-ring (bicyclic) bond motifs is 1. The van der Waals surface area contributed by atoms with E-state index in [1.54, 1.807) is 0 Å². The minimum absolute atomic E-state index is 0.0384. The SMILES string of the molecule is Cc1ccc(C(C)C)c(OCCCCn2c(C(C)NC(=O)COc3ccccc3)nc3ccccc32)c1. The summed E-state index contributed by atoms with van der Waals surface area (Å²) in [6, 6.07) is 23.6. The fourth-order valence-electron chi connectivity index (χ4n) is 4.47. The van der Waals surface area contributed by atoms with Crippen molar-refractivity contribution in [1.29, 1.82) is 0 Å². The number of carbonyl (C=O) groups excluding carboxylic acids is 1. The van der Waals surface area contributed by atoms with Gasteiger partial charge in [-0.25, -0.2) is 4.98 Å². The highest BCUT2D eigenvalue weighted by atomic mass is 16.5. The Balaban J connectivity index is 1.36. The summed E-state index contributed by atoms with van der Waals surface area (Å²) in [5.74, 6) is 2.74. The fourth-order valence-corrected chi connectivity index (χ4v) is 4.47. The normalized spacial score (nSPS) is 12.0. The molecule has 1 heterocycles. The number of aromatic nitrogens is 2. The van der Waals surface area contributed by atoms with Crippen LogP contribution in [0.4, 0.5) is 0 Å². The van der Waals surface area contributed by atoms with Gasteiger partial charge in [0, 0.05) is 6.54 Å². The summed E-state index contributed by atoms with van der Waals surface area (Å²) in [6.45, 7) is 9.86. The van der Waals surface area contributed by atoms with Gasteiger partial charge in [0.1, 0.15) is 17.3 Å². The van der Waals surface area contributed by atoms with Crippen LogP contribution in [0.2, 0.25) is 0 Å². The van der Waals surface area contributed by atoms with Crippen LogP contribution >= 0.6 is 0 Å². The number of amides is 1. The molecule has 1 N–H and O–H groups in total. The van der Waals surface area contributed by atoms with Gasteiger partial charge >= 0.3 is 0 Å². The van der Waals surface area contributed by atoms with Crippen LogP contribution in [0.25, 0.3) is 11.0 Å². The van der Waals surface area contributed by atoms with E-state index >= 15 is 0 Å². The molecule has 0 bridgehead atoms. The summed E-state index contributed by atoms with van der Waals surface area (Å²) in [7, 11) is 0. The Kier molecular flexibility index (Phi) is 8.83. The van der Waals surface area contributed by atoms with Crippen LogP contribution in [0.5, 0.6) is 11.5 Å². The Morgan fingerprint density at radius 1 is 0.946 bits per heavy atom. The van der Waals surface area contributed by atoms with Crippen LogP contribution < -0.4 is 14.8 Å². The quantitative estimate of drug-likeness (QED) is 0.224. The number of hydrogen-bond acceptors (Lipinski definition) is 4. The topological polar surface area (TPSA) is 65.4 Å². The van der Waals surface area contributed by atoms with Crippen molar-refractivity contribution in [2.45, 2.75) is 59.0 Å². The molecule has 1 amide bonds. The molecule has 6 heteroatoms. The number of ether oxygens (including phenoxy) is 2. The van der Waals surface area contributed by atoms with Crippen molar-refractivity contribution in [3.63, 3.8) is 0 Å². The number of para-hydroxylation sites is 3. The molecular weight excluding hydrogens is 462 g/mol. The van der Waals surface area contributed by atoms with Gasteiger partial charge in [0.2, 0.25) is 0 Å². The van der Waals surface area contributed by atoms with Crippen molar-refractivity contribution in [3.05, 3.63) is 89.7 Å². The summed E-state index contributed by atoms with van der Waals surface area (Å²) < 4.78 is 14.0. The third-order valence-electron chi connectivity index (χ3n) is 6.39. The lowest BCUT2D eigenvalue weighted by Gasteiger charge is -2.17. The summed E-state index contributed by atoms with van der Waals surface area (Å²) in [5, 5.41) is 3.04. The van der Waals surface area contributed by atoms with Crippen molar-refractivity contribution in [2.75, 3.05) is 13.2 Å². The molecule has 3 aromatic carbocycles. The van der Waals surface area contributed by atoms with Crippen LogP contribution in [-0.4, -0.2) is 28.7 Å². The predicted octanol–water partition coefficient (Wildman–Crippen LogP) is 6.58. The third kappa shape index (κ3) is 6.91. The molecule has 0 aliphatic carbocycles. The maximum Gasteiger partial charge on any atom is 0.258 e. The number of imidazole rings is 1. The van der Waals surface area contributed by atoms with Gasteiger partial charge in [-0.2, -0.15) is 0 Å². The van der Waals surface area contributed by atoms with E-state index in [0.717, 1.165) is 42.0 Å². The molecule has 1 atom stereocenters. The molecule has 1 aromatic heterocycles. The Hall–Kier alpha value is -3.80. The minimum Gasteiger partial charge on any atom is -0.493 e. The van der Waals surface area contributed by atoms with E-state index in [2.05, 4.69) is 54.9 Å². The number of benzene rings is 3. The van der Waals surface area contributed by atoms with Crippen molar-refractivity contribution in [2.24, 2.45) is 0 Å². The van der Waals surface area contributed by atoms with Gasteiger partial charge in [0.05, 0.1) is 23.7 Å². The Morgan fingerprint density at radius 2 is 1.70 bits per heavy atom. The van der Waals surface area contributed by atoms with Crippen molar-refractivity contribution >= 4 is 16.9 Å². The molecule has 1 unspecified atom stereocenters. The van der Waals surface area contributed by atoms with E-state index in [4.69, 9.17) is 14.5 Å². The van der Waals surface area contributed by atoms with Gasteiger partial charge in [-0.15, -0.1) is 0 Å². The van der Waals surface area contributed by atoms with E-state index < -0.39 is 0 Å². The zero-order chi connectivity index (χ0) is 26.2. The molecule has 6 nitrogen and oxygen atoms in total. The zero-order valence-corrected chi connectivity index (χ0v) is 22.2. The number of nitrogens with zero attached hydrogens (tertiary/aromatic N) is 2. The molecule has 0 saturated heterocycles. The third-order valence-corrected chi connectivity index (χ3v) is 6.39. The maximum atomic E-state index is 12.6. The van der Waals surface area contributed by atoms with Gasteiger partial charge in [-0.3, -0.25) is 4.79 Å². The number of hydrogen-bond donors (Lipinski definition) is 1. The number of rotatable bonds is 12. The molecule has 0 fully saturated rings. The summed E-state index contributed by atoms with van der Waals surface area (Å²) >= 11 is 0. The highest BCUT2D eigenvalue weighted by Crippen LogP contribution is 2.28. The van der Waals surface area contributed by atoms with Gasteiger partial charge in [-0.1, -0.05) is 56.3 Å². The highest BCUT2D eigenvalue weighted by molar-refractivity contribution is 5.79. The molecule has 4 aromatic rings. The summed E-state index contributed by atoms with van der Waals surface area (Å²) in [6.07, 6.45) is 1.86. The predicted molar refractivity (Wildman–Crippen MR) is 148 cm³/mol. The maximum absolute atomic E-state index is 12.6. The first kappa shape index (κ1) is 26.3. The number of nitrogens with one attached hydrogen (secondary N) is 1. The highest BCUT2D eigenvalue weighted by Gasteiger charge is 2.18. The lowest BCUT2D eigenvalue weighted by atomic mass is 10.0. The van der Waals surface area contributed by atoms with Crippen molar-refractivity contribution in [1.82, 2.24) is 14.9 Å². The average molecular weight is 500 g/mol. The molecule has 4 rings (SSSR count). The van der Waals surface area contributed by atoms with E-state index in [9.17, 15) is 4.79 Å². The fraction of sp³-hybridized carbons (Fsp3) is 0.355. The van der Waals surface area contributed by atoms with Gasteiger partial charge in [0.25, 0.3) is 5.91 Å². The van der Waals surface area contributed by atoms with E-state index in [0.29, 0.717) is 18.3 Å². The van der Waals surface area contributed by atoms with Crippen LogP contribution in [0.15, 0.2) is 72.8 Å². The van der Waals surface area contributed by atoms with Crippen molar-refractivity contribution < 1.29 is 14.3 Å². The molecule has 0 aliphatic heterocycles. The first-order valence-electron chi connectivity index (χ1n) is 13.1. The summed E-state index contributed by atoms with van der Waals surface area (Å²) in [5.41, 5.74) is 4.45. The molecule has 37 heavy (non-hydrogen) atoms. The number of aryl methyl sites for hydroxylation is 2. The Labute approximate surface area is 219 Å². The molecular formula is C31H37N3O3. The molecule has 0 saturated carbocycles. The summed E-state index contributed by atoms with van der Waals surface area (Å²) in [4.78, 5) is 17.4. The van der Waals surface area contributed by atoms with Gasteiger partial charge in [-0.05, 0) is 74.1 Å². The lowest BCUT2D eigenvalue weighted by Crippen LogP contribution is -2.32. The Bertz CT molecular complexity index is 1310. The second-order valence-electron chi connectivity index (χ2n) is 9.75. The van der Waals surface area contributed by atoms with Crippen LogP contribution in [-0.2, 0) is 11.3 Å². The number of unbranched alkanes of at least 4 members (excludes halogenated alkanes) is 1. The number of carbonyl (C=O) groups is 1. The second kappa shape index (κ2) is 12.4. The van der Waals surface area contributed by atoms with E-state index in [-0.39, 0.29) is 18.6 Å². The minimum atomic E-state index is -0.253. The zero-order valence-electron chi connectivity index (χ0n) is 22.2. The Morgan fingerprint density at radius 3 is 2.49 bits per heavy atom. The monoisotopic (exact) mass is 499 g/mol. The first-order valence-corrected chi connectivity index (χ1v) is 13.1. The average Bonchev–Trinajstić information content (AvgIpc) is 3.26.